The van der Waals surface area contributed by atoms with E-state index in [1.807, 2.05) is 0 Å². The van der Waals surface area contributed by atoms with E-state index in [9.17, 15) is 0 Å². The van der Waals surface area contributed by atoms with Gasteiger partial charge in [-0.1, -0.05) is 26.2 Å². The molecule has 0 bridgehead atoms. The van der Waals surface area contributed by atoms with Gasteiger partial charge in [0.15, 0.2) is 0 Å². The third kappa shape index (κ3) is 10.2. The van der Waals surface area contributed by atoms with E-state index < -0.39 is 0 Å². The van der Waals surface area contributed by atoms with Gasteiger partial charge in [-0.25, -0.2) is 0 Å². The Balaban J connectivity index is 2.69. The van der Waals surface area contributed by atoms with E-state index in [-0.39, 0.29) is 0 Å². The van der Waals surface area contributed by atoms with E-state index >= 15 is 0 Å². The summed E-state index contributed by atoms with van der Waals surface area (Å²) < 4.78 is 0. The molecule has 0 amide bonds. The fourth-order valence-electron chi connectivity index (χ4n) is 0.994. The Hall–Kier alpha value is 0.250. The lowest BCUT2D eigenvalue weighted by Gasteiger charge is -2.01. The zero-order valence-corrected chi connectivity index (χ0v) is 8.29. The molecule has 0 saturated carbocycles. The maximum absolute atomic E-state index is 5.52. The number of alkyl halides is 1. The second-order valence-corrected chi connectivity index (χ2v) is 3.23. The second kappa shape index (κ2) is 10.2. The van der Waals surface area contributed by atoms with Crippen LogP contribution >= 0.6 is 11.6 Å². The standard InChI is InChI=1S/C9H20ClN/c1-2-3-4-5-8-11-9-6-7-10/h11H,2-9H2,1H3. The molecule has 1 N–H and O–H groups in total. The van der Waals surface area contributed by atoms with Gasteiger partial charge in [0.25, 0.3) is 0 Å². The van der Waals surface area contributed by atoms with E-state index in [2.05, 4.69) is 12.2 Å². The maximum Gasteiger partial charge on any atom is 0.0235 e. The van der Waals surface area contributed by atoms with Crippen LogP contribution in [0.1, 0.15) is 39.0 Å². The Kier molecular flexibility index (Phi) is 10.5. The van der Waals surface area contributed by atoms with E-state index in [0.717, 1.165) is 25.4 Å². The average molecular weight is 178 g/mol. The number of nitrogens with one attached hydrogen (secondary N) is 1. The molecule has 0 aliphatic carbocycles. The Morgan fingerprint density at radius 2 is 1.73 bits per heavy atom. The summed E-state index contributed by atoms with van der Waals surface area (Å²) in [4.78, 5) is 0. The van der Waals surface area contributed by atoms with Crippen molar-refractivity contribution in [3.05, 3.63) is 0 Å². The van der Waals surface area contributed by atoms with Crippen LogP contribution in [0.3, 0.4) is 0 Å². The first-order valence-electron chi connectivity index (χ1n) is 4.68. The summed E-state index contributed by atoms with van der Waals surface area (Å²) in [7, 11) is 0. The van der Waals surface area contributed by atoms with Crippen LogP contribution in [0, 0.1) is 0 Å². The minimum atomic E-state index is 0.780. The molecule has 0 aliphatic heterocycles. The maximum atomic E-state index is 5.52. The van der Waals surface area contributed by atoms with Crippen molar-refractivity contribution in [1.29, 1.82) is 0 Å². The number of halogens is 1. The third-order valence-corrected chi connectivity index (χ3v) is 1.96. The van der Waals surface area contributed by atoms with Crippen LogP contribution in [0.15, 0.2) is 0 Å². The molecule has 0 rings (SSSR count). The molecule has 0 atom stereocenters. The van der Waals surface area contributed by atoms with Gasteiger partial charge in [0, 0.05) is 5.88 Å². The Bertz CT molecular complexity index is 58.6. The van der Waals surface area contributed by atoms with Crippen LogP contribution in [-0.4, -0.2) is 19.0 Å². The van der Waals surface area contributed by atoms with Crippen LogP contribution in [0.5, 0.6) is 0 Å². The minimum absolute atomic E-state index is 0.780. The summed E-state index contributed by atoms with van der Waals surface area (Å²) in [5.74, 6) is 0.780. The van der Waals surface area contributed by atoms with Crippen LogP contribution in [0.4, 0.5) is 0 Å². The molecule has 68 valence electrons. The number of hydrogen-bond acceptors (Lipinski definition) is 1. The third-order valence-electron chi connectivity index (χ3n) is 1.69. The van der Waals surface area contributed by atoms with Gasteiger partial charge >= 0.3 is 0 Å². The lowest BCUT2D eigenvalue weighted by Crippen LogP contribution is -2.16. The second-order valence-electron chi connectivity index (χ2n) is 2.85. The quantitative estimate of drug-likeness (QED) is 0.444. The van der Waals surface area contributed by atoms with Gasteiger partial charge in [-0.15, -0.1) is 11.6 Å². The highest BCUT2D eigenvalue weighted by atomic mass is 35.5. The number of hydrogen-bond donors (Lipinski definition) is 1. The largest absolute Gasteiger partial charge is 0.317 e. The van der Waals surface area contributed by atoms with E-state index in [1.165, 1.54) is 25.7 Å². The molecule has 0 aromatic rings. The molecule has 0 aromatic carbocycles. The van der Waals surface area contributed by atoms with Crippen molar-refractivity contribution in [3.63, 3.8) is 0 Å². The monoisotopic (exact) mass is 177 g/mol. The fraction of sp³-hybridized carbons (Fsp3) is 1.00. The summed E-state index contributed by atoms with van der Waals surface area (Å²) in [5, 5.41) is 3.36. The van der Waals surface area contributed by atoms with E-state index in [0.29, 0.717) is 0 Å². The first kappa shape index (κ1) is 11.2. The molecule has 1 nitrogen and oxygen atoms in total. The molecular formula is C9H20ClN. The fourth-order valence-corrected chi connectivity index (χ4v) is 1.13. The van der Waals surface area contributed by atoms with Gasteiger partial charge in [-0.3, -0.25) is 0 Å². The zero-order valence-electron chi connectivity index (χ0n) is 7.53. The molecule has 0 saturated heterocycles. The van der Waals surface area contributed by atoms with Crippen molar-refractivity contribution < 1.29 is 0 Å². The smallest absolute Gasteiger partial charge is 0.0235 e. The van der Waals surface area contributed by atoms with Crippen molar-refractivity contribution in [2.45, 2.75) is 39.0 Å². The molecule has 0 radical (unpaired) electrons. The van der Waals surface area contributed by atoms with Crippen molar-refractivity contribution in [3.8, 4) is 0 Å². The predicted octanol–water partition coefficient (Wildman–Crippen LogP) is 2.79. The molecule has 0 fully saturated rings. The molecule has 0 heterocycles. The predicted molar refractivity (Wildman–Crippen MR) is 52.3 cm³/mol. The van der Waals surface area contributed by atoms with Crippen LogP contribution in [0.25, 0.3) is 0 Å². The summed E-state index contributed by atoms with van der Waals surface area (Å²) in [5.41, 5.74) is 0. The Morgan fingerprint density at radius 3 is 2.36 bits per heavy atom. The van der Waals surface area contributed by atoms with Gasteiger partial charge in [0.2, 0.25) is 0 Å². The Morgan fingerprint density at radius 1 is 1.00 bits per heavy atom. The van der Waals surface area contributed by atoms with Gasteiger partial charge in [0.05, 0.1) is 0 Å². The molecule has 0 aliphatic rings. The van der Waals surface area contributed by atoms with Gasteiger partial charge in [-0.05, 0) is 25.9 Å². The molecule has 0 aromatic heterocycles. The van der Waals surface area contributed by atoms with Gasteiger partial charge < -0.3 is 5.32 Å². The summed E-state index contributed by atoms with van der Waals surface area (Å²) in [6.45, 7) is 4.48. The first-order chi connectivity index (χ1) is 5.41. The molecule has 2 heteroatoms. The first-order valence-corrected chi connectivity index (χ1v) is 5.22. The molecular weight excluding hydrogens is 158 g/mol. The Labute approximate surface area is 75.5 Å². The number of unbranched alkanes of at least 4 members (excludes halogenated alkanes) is 3. The highest BCUT2D eigenvalue weighted by Crippen LogP contribution is 1.96. The van der Waals surface area contributed by atoms with Crippen molar-refractivity contribution >= 4 is 11.6 Å². The van der Waals surface area contributed by atoms with Crippen molar-refractivity contribution in [1.82, 2.24) is 5.32 Å². The highest BCUT2D eigenvalue weighted by molar-refractivity contribution is 6.17. The molecule has 11 heavy (non-hydrogen) atoms. The normalized spacial score (nSPS) is 10.4. The highest BCUT2D eigenvalue weighted by Gasteiger charge is 1.87. The summed E-state index contributed by atoms with van der Waals surface area (Å²) >= 11 is 5.52. The van der Waals surface area contributed by atoms with Gasteiger partial charge in [-0.2, -0.15) is 0 Å². The summed E-state index contributed by atoms with van der Waals surface area (Å²) in [6, 6.07) is 0. The van der Waals surface area contributed by atoms with Gasteiger partial charge in [0.1, 0.15) is 0 Å². The van der Waals surface area contributed by atoms with Crippen LogP contribution in [0.2, 0.25) is 0 Å². The molecule has 0 spiro atoms. The van der Waals surface area contributed by atoms with Crippen molar-refractivity contribution in [2.24, 2.45) is 0 Å². The lowest BCUT2D eigenvalue weighted by atomic mass is 10.2. The van der Waals surface area contributed by atoms with E-state index in [1.54, 1.807) is 0 Å². The van der Waals surface area contributed by atoms with Crippen LogP contribution < -0.4 is 5.32 Å². The van der Waals surface area contributed by atoms with Crippen LogP contribution in [-0.2, 0) is 0 Å². The minimum Gasteiger partial charge on any atom is -0.317 e. The lowest BCUT2D eigenvalue weighted by molar-refractivity contribution is 0.595. The average Bonchev–Trinajstić information content (AvgIpc) is 2.03. The summed E-state index contributed by atoms with van der Waals surface area (Å²) in [6.07, 6.45) is 6.47. The van der Waals surface area contributed by atoms with Crippen molar-refractivity contribution in [2.75, 3.05) is 19.0 Å². The zero-order chi connectivity index (χ0) is 8.36. The van der Waals surface area contributed by atoms with E-state index in [4.69, 9.17) is 11.6 Å². The number of rotatable bonds is 8. The SMILES string of the molecule is CCCCCCNCCCCl. The topological polar surface area (TPSA) is 12.0 Å². The molecule has 0 unspecified atom stereocenters.